The Morgan fingerprint density at radius 1 is 1.08 bits per heavy atom. The van der Waals surface area contributed by atoms with Crippen LogP contribution in [0.15, 0.2) is 65.3 Å². The van der Waals surface area contributed by atoms with Crippen LogP contribution in [0.5, 0.6) is 0 Å². The largest absolute Gasteiger partial charge is 0.326 e. The van der Waals surface area contributed by atoms with Gasteiger partial charge in [-0.15, -0.1) is 0 Å². The molecule has 0 fully saturated rings. The molecule has 2 aromatic carbocycles. The maximum atomic E-state index is 12.1. The van der Waals surface area contributed by atoms with Gasteiger partial charge in [-0.2, -0.15) is 5.10 Å². The van der Waals surface area contributed by atoms with E-state index in [2.05, 4.69) is 38.5 Å². The van der Waals surface area contributed by atoms with Crippen molar-refractivity contribution in [2.45, 2.75) is 19.9 Å². The molecular weight excluding hydrogens is 366 g/mol. The molecule has 0 spiro atoms. The van der Waals surface area contributed by atoms with Crippen LogP contribution in [0.3, 0.4) is 0 Å². The second kappa shape index (κ2) is 7.45. The average molecular weight is 384 g/mol. The molecule has 24 heavy (non-hydrogen) atoms. The van der Waals surface area contributed by atoms with Crippen LogP contribution in [0.25, 0.3) is 11.1 Å². The molecule has 1 amide bonds. The minimum Gasteiger partial charge on any atom is -0.326 e. The number of hydrogen-bond acceptors (Lipinski definition) is 2. The van der Waals surface area contributed by atoms with Crippen molar-refractivity contribution in [1.82, 2.24) is 9.78 Å². The quantitative estimate of drug-likeness (QED) is 0.696. The van der Waals surface area contributed by atoms with E-state index in [9.17, 15) is 4.79 Å². The van der Waals surface area contributed by atoms with Crippen molar-refractivity contribution in [2.24, 2.45) is 0 Å². The molecule has 3 aromatic rings. The summed E-state index contributed by atoms with van der Waals surface area (Å²) in [5, 5.41) is 7.24. The van der Waals surface area contributed by atoms with Crippen molar-refractivity contribution in [2.75, 3.05) is 5.32 Å². The lowest BCUT2D eigenvalue weighted by atomic mass is 10.1. The van der Waals surface area contributed by atoms with Gasteiger partial charge in [-0.25, -0.2) is 0 Å². The van der Waals surface area contributed by atoms with Crippen LogP contribution in [0, 0.1) is 6.92 Å². The van der Waals surface area contributed by atoms with Crippen LogP contribution < -0.4 is 5.32 Å². The van der Waals surface area contributed by atoms with Gasteiger partial charge in [0, 0.05) is 24.8 Å². The maximum absolute atomic E-state index is 12.1. The Labute approximate surface area is 149 Å². The fraction of sp³-hybridized carbons (Fsp3) is 0.158. The summed E-state index contributed by atoms with van der Waals surface area (Å²) in [6, 6.07) is 18.0. The summed E-state index contributed by atoms with van der Waals surface area (Å²) in [5.41, 5.74) is 4.02. The van der Waals surface area contributed by atoms with Gasteiger partial charge in [-0.05, 0) is 46.1 Å². The minimum atomic E-state index is -0.0215. The third-order valence-corrected chi connectivity index (χ3v) is 4.51. The van der Waals surface area contributed by atoms with E-state index in [1.807, 2.05) is 55.6 Å². The normalized spacial score (nSPS) is 10.6. The van der Waals surface area contributed by atoms with Crippen LogP contribution in [0.4, 0.5) is 5.69 Å². The van der Waals surface area contributed by atoms with E-state index in [4.69, 9.17) is 0 Å². The number of nitrogens with zero attached hydrogens (tertiary/aromatic N) is 2. The zero-order chi connectivity index (χ0) is 16.9. The van der Waals surface area contributed by atoms with Crippen molar-refractivity contribution in [3.8, 4) is 11.1 Å². The van der Waals surface area contributed by atoms with E-state index in [-0.39, 0.29) is 5.91 Å². The topological polar surface area (TPSA) is 46.9 Å². The van der Waals surface area contributed by atoms with Gasteiger partial charge in [0.15, 0.2) is 0 Å². The van der Waals surface area contributed by atoms with Crippen molar-refractivity contribution >= 4 is 27.5 Å². The standard InChI is InChI=1S/C19H18BrN3O/c1-14-18(20)13-23(22-14)12-11-19(24)21-17-9-7-16(8-10-17)15-5-3-2-4-6-15/h2-10,13H,11-12H2,1H3,(H,21,24). The lowest BCUT2D eigenvalue weighted by Gasteiger charge is -2.07. The van der Waals surface area contributed by atoms with Gasteiger partial charge < -0.3 is 5.32 Å². The summed E-state index contributed by atoms with van der Waals surface area (Å²) < 4.78 is 2.73. The average Bonchev–Trinajstić information content (AvgIpc) is 2.93. The number of rotatable bonds is 5. The maximum Gasteiger partial charge on any atom is 0.226 e. The first-order valence-electron chi connectivity index (χ1n) is 7.77. The molecule has 122 valence electrons. The first-order chi connectivity index (χ1) is 11.6. The van der Waals surface area contributed by atoms with Crippen LogP contribution in [-0.4, -0.2) is 15.7 Å². The first kappa shape index (κ1) is 16.5. The van der Waals surface area contributed by atoms with Crippen LogP contribution >= 0.6 is 15.9 Å². The van der Waals surface area contributed by atoms with Gasteiger partial charge in [0.1, 0.15) is 0 Å². The van der Waals surface area contributed by atoms with E-state index in [1.54, 1.807) is 4.68 Å². The van der Waals surface area contributed by atoms with Gasteiger partial charge in [0.05, 0.1) is 10.2 Å². The van der Waals surface area contributed by atoms with Crippen molar-refractivity contribution in [3.63, 3.8) is 0 Å². The summed E-state index contributed by atoms with van der Waals surface area (Å²) >= 11 is 3.42. The van der Waals surface area contributed by atoms with E-state index in [0.29, 0.717) is 13.0 Å². The highest BCUT2D eigenvalue weighted by Gasteiger charge is 2.06. The molecule has 0 bridgehead atoms. The van der Waals surface area contributed by atoms with Gasteiger partial charge in [-0.1, -0.05) is 42.5 Å². The Hall–Kier alpha value is -2.40. The second-order valence-electron chi connectivity index (χ2n) is 5.57. The van der Waals surface area contributed by atoms with Crippen molar-refractivity contribution in [3.05, 3.63) is 71.0 Å². The highest BCUT2D eigenvalue weighted by Crippen LogP contribution is 2.21. The lowest BCUT2D eigenvalue weighted by molar-refractivity contribution is -0.116. The molecule has 0 saturated heterocycles. The Balaban J connectivity index is 1.56. The molecule has 3 rings (SSSR count). The molecule has 1 N–H and O–H groups in total. The molecule has 1 heterocycles. The number of carbonyl (C=O) groups is 1. The highest BCUT2D eigenvalue weighted by atomic mass is 79.9. The van der Waals surface area contributed by atoms with Gasteiger partial charge in [-0.3, -0.25) is 9.48 Å². The van der Waals surface area contributed by atoms with E-state index < -0.39 is 0 Å². The molecule has 5 heteroatoms. The summed E-state index contributed by atoms with van der Waals surface area (Å²) in [7, 11) is 0. The van der Waals surface area contributed by atoms with Crippen LogP contribution in [0.1, 0.15) is 12.1 Å². The zero-order valence-corrected chi connectivity index (χ0v) is 15.0. The molecule has 0 unspecified atom stereocenters. The molecule has 0 atom stereocenters. The summed E-state index contributed by atoms with van der Waals surface area (Å²) in [6.45, 7) is 2.48. The van der Waals surface area contributed by atoms with E-state index >= 15 is 0 Å². The highest BCUT2D eigenvalue weighted by molar-refractivity contribution is 9.10. The van der Waals surface area contributed by atoms with Crippen LogP contribution in [0.2, 0.25) is 0 Å². The molecule has 0 aliphatic heterocycles. The predicted molar refractivity (Wildman–Crippen MR) is 99.8 cm³/mol. The number of aromatic nitrogens is 2. The molecule has 0 radical (unpaired) electrons. The Bertz CT molecular complexity index is 806. The third kappa shape index (κ3) is 4.11. The number of aryl methyl sites for hydroxylation is 2. The smallest absolute Gasteiger partial charge is 0.226 e. The Morgan fingerprint density at radius 2 is 1.75 bits per heavy atom. The second-order valence-corrected chi connectivity index (χ2v) is 6.42. The zero-order valence-electron chi connectivity index (χ0n) is 13.4. The van der Waals surface area contributed by atoms with Gasteiger partial charge in [0.2, 0.25) is 5.91 Å². The number of anilines is 1. The lowest BCUT2D eigenvalue weighted by Crippen LogP contribution is -2.14. The van der Waals surface area contributed by atoms with Gasteiger partial charge in [0.25, 0.3) is 0 Å². The number of carbonyl (C=O) groups excluding carboxylic acids is 1. The van der Waals surface area contributed by atoms with Crippen LogP contribution in [-0.2, 0) is 11.3 Å². The molecule has 4 nitrogen and oxygen atoms in total. The van der Waals surface area contributed by atoms with Crippen molar-refractivity contribution in [1.29, 1.82) is 0 Å². The fourth-order valence-electron chi connectivity index (χ4n) is 2.42. The summed E-state index contributed by atoms with van der Waals surface area (Å²) in [6.07, 6.45) is 2.27. The molecule has 1 aromatic heterocycles. The van der Waals surface area contributed by atoms with E-state index in [1.165, 1.54) is 0 Å². The van der Waals surface area contributed by atoms with Crippen molar-refractivity contribution < 1.29 is 4.79 Å². The molecule has 0 saturated carbocycles. The first-order valence-corrected chi connectivity index (χ1v) is 8.56. The third-order valence-electron chi connectivity index (χ3n) is 3.73. The summed E-state index contributed by atoms with van der Waals surface area (Å²) in [5.74, 6) is -0.0215. The number of nitrogens with one attached hydrogen (secondary N) is 1. The Morgan fingerprint density at radius 3 is 2.38 bits per heavy atom. The molecule has 0 aliphatic carbocycles. The predicted octanol–water partition coefficient (Wildman–Crippen LogP) is 4.65. The summed E-state index contributed by atoms with van der Waals surface area (Å²) in [4.78, 5) is 12.1. The monoisotopic (exact) mass is 383 g/mol. The molecular formula is C19H18BrN3O. The fourth-order valence-corrected chi connectivity index (χ4v) is 2.74. The number of hydrogen-bond donors (Lipinski definition) is 1. The number of halogens is 1. The Kier molecular flexibility index (Phi) is 5.11. The van der Waals surface area contributed by atoms with E-state index in [0.717, 1.165) is 27.0 Å². The SMILES string of the molecule is Cc1nn(CCC(=O)Nc2ccc(-c3ccccc3)cc2)cc1Br. The number of amides is 1. The minimum absolute atomic E-state index is 0.0215. The van der Waals surface area contributed by atoms with Gasteiger partial charge >= 0.3 is 0 Å². The number of benzene rings is 2. The molecule has 0 aliphatic rings.